The Kier molecular flexibility index (Phi) is 58.3. The van der Waals surface area contributed by atoms with Crippen LogP contribution >= 0.6 is 7.82 Å². The predicted molar refractivity (Wildman–Crippen MR) is 334 cm³/mol. The zero-order valence-corrected chi connectivity index (χ0v) is 51.7. The van der Waals surface area contributed by atoms with E-state index in [2.05, 4.69) is 130 Å². The summed E-state index contributed by atoms with van der Waals surface area (Å²) >= 11 is 0. The maximum Gasteiger partial charge on any atom is 0.472 e. The molecule has 0 aliphatic heterocycles. The van der Waals surface area contributed by atoms with E-state index >= 15 is 0 Å². The van der Waals surface area contributed by atoms with Gasteiger partial charge in [-0.15, -0.1) is 0 Å². The van der Waals surface area contributed by atoms with E-state index < -0.39 is 57.8 Å². The Morgan fingerprint density at radius 2 is 0.650 bits per heavy atom. The number of phosphoric acid groups is 1. The standard InChI is InChI=1S/C68H115O11P/c1-4-7-10-13-16-19-22-25-28-30-32-34-37-39-42-45-48-51-54-57-66(70)75-61-65(79-68(72)59-56-53-50-47-44-41-38-35-33-31-29-26-23-20-17-14-11-8-5-2)63-77-80(73,74)76-62-64(60-69)78-67(71)58-55-52-49-46-43-40-36-27-24-21-18-15-12-9-6-3/h9,12,16-21,25-29,33,35-36,43,46,64-65,69H,4-8,10-11,13-15,22-24,30-32,34,37-42,44-45,47-63H2,1-3H3,(H,73,74)/b12-9-,19-16-,20-17-,21-18-,28-25-,29-26-,35-33-,36-27-,46-43-. The maximum absolute atomic E-state index is 13.0. The van der Waals surface area contributed by atoms with Crippen LogP contribution in [0.4, 0.5) is 0 Å². The SMILES string of the molecule is CC/C=C\C/C=C\C/C=C\C/C=C\CCCCC(=O)OC(CO)COP(=O)(O)OCC(COC(=O)CCCCCCCCCCC/C=C\C/C=C\CCCCC)OC(=O)CCCCCCCC/C=C\C/C=C\C/C=C\CCCCC. The molecule has 0 fully saturated rings. The highest BCUT2D eigenvalue weighted by atomic mass is 31.2. The average molecular weight is 1140 g/mol. The number of carbonyl (C=O) groups is 3. The lowest BCUT2D eigenvalue weighted by atomic mass is 10.1. The van der Waals surface area contributed by atoms with Gasteiger partial charge in [0.2, 0.25) is 0 Å². The molecule has 0 aromatic carbocycles. The van der Waals surface area contributed by atoms with Crippen LogP contribution < -0.4 is 0 Å². The molecule has 0 aliphatic rings. The van der Waals surface area contributed by atoms with Gasteiger partial charge in [-0.2, -0.15) is 0 Å². The summed E-state index contributed by atoms with van der Waals surface area (Å²) in [6, 6.07) is 0. The molecular formula is C68H115O11P. The summed E-state index contributed by atoms with van der Waals surface area (Å²) in [5.41, 5.74) is 0. The summed E-state index contributed by atoms with van der Waals surface area (Å²) in [6.07, 6.45) is 74.7. The third kappa shape index (κ3) is 58.8. The first-order chi connectivity index (χ1) is 39.2. The topological polar surface area (TPSA) is 155 Å². The van der Waals surface area contributed by atoms with Crippen molar-refractivity contribution in [3.8, 4) is 0 Å². The molecule has 0 spiro atoms. The van der Waals surface area contributed by atoms with Crippen molar-refractivity contribution < 1.29 is 52.2 Å². The van der Waals surface area contributed by atoms with Gasteiger partial charge in [0.25, 0.3) is 0 Å². The number of aliphatic hydroxyl groups is 1. The Hall–Kier alpha value is -3.86. The molecule has 0 bridgehead atoms. The van der Waals surface area contributed by atoms with E-state index in [-0.39, 0.29) is 25.9 Å². The van der Waals surface area contributed by atoms with E-state index in [0.717, 1.165) is 122 Å². The van der Waals surface area contributed by atoms with Gasteiger partial charge < -0.3 is 24.2 Å². The smallest absolute Gasteiger partial charge is 0.462 e. The molecule has 0 aromatic rings. The fraction of sp³-hybridized carbons (Fsp3) is 0.691. The number of esters is 3. The lowest BCUT2D eigenvalue weighted by molar-refractivity contribution is -0.161. The molecular weight excluding hydrogens is 1020 g/mol. The molecule has 12 heteroatoms. The number of ether oxygens (including phenoxy) is 3. The van der Waals surface area contributed by atoms with Crippen LogP contribution in [-0.2, 0) is 42.2 Å². The van der Waals surface area contributed by atoms with Gasteiger partial charge in [0.15, 0.2) is 6.10 Å². The predicted octanol–water partition coefficient (Wildman–Crippen LogP) is 19.4. The fourth-order valence-corrected chi connectivity index (χ4v) is 9.11. The minimum atomic E-state index is -4.78. The molecule has 0 radical (unpaired) electrons. The van der Waals surface area contributed by atoms with E-state index in [1.807, 2.05) is 0 Å². The molecule has 80 heavy (non-hydrogen) atoms. The number of rotatable bonds is 58. The fourth-order valence-electron chi connectivity index (χ4n) is 8.33. The van der Waals surface area contributed by atoms with Crippen molar-refractivity contribution in [2.75, 3.05) is 26.4 Å². The number of unbranched alkanes of at least 4 members (excludes halogenated alkanes) is 23. The summed E-state index contributed by atoms with van der Waals surface area (Å²) in [7, 11) is -4.78. The van der Waals surface area contributed by atoms with Gasteiger partial charge in [0, 0.05) is 19.3 Å². The largest absolute Gasteiger partial charge is 0.472 e. The second kappa shape index (κ2) is 61.2. The van der Waals surface area contributed by atoms with E-state index in [9.17, 15) is 28.9 Å². The Bertz CT molecular complexity index is 1760. The molecule has 3 atom stereocenters. The average Bonchev–Trinajstić information content (AvgIpc) is 3.45. The molecule has 2 N–H and O–H groups in total. The summed E-state index contributed by atoms with van der Waals surface area (Å²) in [4.78, 5) is 48.7. The Morgan fingerprint density at radius 1 is 0.362 bits per heavy atom. The van der Waals surface area contributed by atoms with Crippen LogP contribution in [0.3, 0.4) is 0 Å². The van der Waals surface area contributed by atoms with Gasteiger partial charge in [0.1, 0.15) is 12.7 Å². The number of carbonyl (C=O) groups excluding carboxylic acids is 3. The second-order valence-corrected chi connectivity index (χ2v) is 22.3. The van der Waals surface area contributed by atoms with Crippen molar-refractivity contribution in [1.82, 2.24) is 0 Å². The van der Waals surface area contributed by atoms with E-state index in [1.165, 1.54) is 83.5 Å². The monoisotopic (exact) mass is 1140 g/mol. The highest BCUT2D eigenvalue weighted by molar-refractivity contribution is 7.47. The number of aliphatic hydroxyl groups excluding tert-OH is 1. The van der Waals surface area contributed by atoms with Crippen molar-refractivity contribution in [3.05, 3.63) is 109 Å². The first-order valence-electron chi connectivity index (χ1n) is 31.8. The second-order valence-electron chi connectivity index (χ2n) is 20.8. The lowest BCUT2D eigenvalue weighted by Gasteiger charge is -2.21. The number of phosphoric ester groups is 1. The van der Waals surface area contributed by atoms with Crippen molar-refractivity contribution in [3.63, 3.8) is 0 Å². The summed E-state index contributed by atoms with van der Waals surface area (Å²) in [6.45, 7) is 4.43. The molecule has 11 nitrogen and oxygen atoms in total. The third-order valence-electron chi connectivity index (χ3n) is 13.1. The first-order valence-corrected chi connectivity index (χ1v) is 33.3. The Morgan fingerprint density at radius 3 is 1.02 bits per heavy atom. The minimum Gasteiger partial charge on any atom is -0.462 e. The molecule has 0 amide bonds. The Labute approximate surface area is 488 Å². The van der Waals surface area contributed by atoms with Gasteiger partial charge in [-0.05, 0) is 128 Å². The third-order valence-corrected chi connectivity index (χ3v) is 14.1. The van der Waals surface area contributed by atoms with Gasteiger partial charge in [-0.25, -0.2) is 4.57 Å². The summed E-state index contributed by atoms with van der Waals surface area (Å²) in [5.74, 6) is -1.53. The zero-order chi connectivity index (χ0) is 58.3. The Balaban J connectivity index is 4.79. The van der Waals surface area contributed by atoms with Crippen molar-refractivity contribution >= 4 is 25.7 Å². The van der Waals surface area contributed by atoms with Gasteiger partial charge >= 0.3 is 25.7 Å². The molecule has 0 heterocycles. The molecule has 3 unspecified atom stereocenters. The van der Waals surface area contributed by atoms with Crippen LogP contribution in [0.15, 0.2) is 109 Å². The van der Waals surface area contributed by atoms with Crippen LogP contribution in [0, 0.1) is 0 Å². The quantitative estimate of drug-likeness (QED) is 0.0197. The lowest BCUT2D eigenvalue weighted by Crippen LogP contribution is -2.30. The molecule has 0 rings (SSSR count). The van der Waals surface area contributed by atoms with Crippen LogP contribution in [0.25, 0.3) is 0 Å². The summed E-state index contributed by atoms with van der Waals surface area (Å²) < 4.78 is 39.6. The van der Waals surface area contributed by atoms with Crippen LogP contribution in [0.1, 0.15) is 265 Å². The van der Waals surface area contributed by atoms with E-state index in [0.29, 0.717) is 19.3 Å². The van der Waals surface area contributed by atoms with Crippen LogP contribution in [0.2, 0.25) is 0 Å². The highest BCUT2D eigenvalue weighted by Gasteiger charge is 2.28. The van der Waals surface area contributed by atoms with Gasteiger partial charge in [-0.3, -0.25) is 23.4 Å². The molecule has 0 aliphatic carbocycles. The van der Waals surface area contributed by atoms with E-state index in [4.69, 9.17) is 23.3 Å². The van der Waals surface area contributed by atoms with E-state index in [1.54, 1.807) is 0 Å². The maximum atomic E-state index is 13.0. The molecule has 0 saturated heterocycles. The van der Waals surface area contributed by atoms with Crippen molar-refractivity contribution in [1.29, 1.82) is 0 Å². The highest BCUT2D eigenvalue weighted by Crippen LogP contribution is 2.43. The normalized spacial score (nSPS) is 14.0. The van der Waals surface area contributed by atoms with Crippen molar-refractivity contribution in [2.45, 2.75) is 277 Å². The summed E-state index contributed by atoms with van der Waals surface area (Å²) in [5, 5.41) is 9.84. The number of allylic oxidation sites excluding steroid dienone is 18. The molecule has 0 saturated carbocycles. The van der Waals surface area contributed by atoms with Crippen LogP contribution in [-0.4, -0.2) is 66.5 Å². The number of hydrogen-bond acceptors (Lipinski definition) is 10. The van der Waals surface area contributed by atoms with Gasteiger partial charge in [-0.1, -0.05) is 226 Å². The van der Waals surface area contributed by atoms with Gasteiger partial charge in [0.05, 0.1) is 19.8 Å². The number of hydrogen-bond donors (Lipinski definition) is 2. The van der Waals surface area contributed by atoms with Crippen molar-refractivity contribution in [2.24, 2.45) is 0 Å². The van der Waals surface area contributed by atoms with Crippen LogP contribution in [0.5, 0.6) is 0 Å². The molecule has 458 valence electrons. The zero-order valence-electron chi connectivity index (χ0n) is 50.8. The molecule has 0 aromatic heterocycles. The minimum absolute atomic E-state index is 0.119. The first kappa shape index (κ1) is 76.1.